The quantitative estimate of drug-likeness (QED) is 0.289. The van der Waals surface area contributed by atoms with Crippen molar-refractivity contribution in [3.8, 4) is 0 Å². The van der Waals surface area contributed by atoms with Gasteiger partial charge in [0, 0.05) is 57.9 Å². The number of aromatic nitrogens is 1. The Labute approximate surface area is 268 Å². The van der Waals surface area contributed by atoms with Crippen LogP contribution in [-0.4, -0.2) is 67.7 Å². The lowest BCUT2D eigenvalue weighted by Gasteiger charge is -2.35. The van der Waals surface area contributed by atoms with Crippen molar-refractivity contribution in [3.05, 3.63) is 80.1 Å². The summed E-state index contributed by atoms with van der Waals surface area (Å²) in [4.78, 5) is 34.7. The number of hydrogen-bond donors (Lipinski definition) is 2. The van der Waals surface area contributed by atoms with Crippen molar-refractivity contribution in [1.29, 1.82) is 0 Å². The zero-order chi connectivity index (χ0) is 31.2. The first-order valence-electron chi connectivity index (χ1n) is 15.1. The molecule has 44 heavy (non-hydrogen) atoms. The van der Waals surface area contributed by atoms with Crippen LogP contribution in [0, 0.1) is 19.8 Å². The molecule has 2 saturated heterocycles. The fraction of sp³-hybridized carbons (Fsp3) is 0.394. The first-order chi connectivity index (χ1) is 21.0. The molecule has 11 heteroatoms. The lowest BCUT2D eigenvalue weighted by molar-refractivity contribution is -0.110. The smallest absolute Gasteiger partial charge is 0.256 e. The van der Waals surface area contributed by atoms with E-state index in [1.54, 1.807) is 30.3 Å². The summed E-state index contributed by atoms with van der Waals surface area (Å²) in [6.45, 7) is 8.60. The molecule has 0 unspecified atom stereocenters. The number of carbonyl (C=O) groups excluding carboxylic acids is 2. The highest BCUT2D eigenvalue weighted by Crippen LogP contribution is 2.37. The van der Waals surface area contributed by atoms with Crippen molar-refractivity contribution in [1.82, 2.24) is 14.8 Å². The molecule has 3 aliphatic heterocycles. The maximum atomic E-state index is 13.8. The number of carbonyl (C=O) groups is 2. The van der Waals surface area contributed by atoms with E-state index < -0.39 is 9.84 Å². The molecule has 3 aromatic rings. The van der Waals surface area contributed by atoms with E-state index in [2.05, 4.69) is 15.2 Å². The average molecular weight is 656 g/mol. The highest BCUT2D eigenvalue weighted by Gasteiger charge is 2.31. The Morgan fingerprint density at radius 1 is 1.05 bits per heavy atom. The SMILES string of the molecule is Cc1[nH]c(C=C2C(=O)Nc3ccc(S(=O)(=O)Cc4c(Cl)cccc4Cl)cc32)c(C)c1C(=O)N1CCC[C@@H](CN2CCCC2)C1. The minimum Gasteiger partial charge on any atom is -0.358 e. The summed E-state index contributed by atoms with van der Waals surface area (Å²) in [5, 5.41) is 3.37. The predicted molar refractivity (Wildman–Crippen MR) is 175 cm³/mol. The number of rotatable bonds is 7. The second kappa shape index (κ2) is 12.4. The molecule has 0 spiro atoms. The number of anilines is 1. The molecule has 2 amide bonds. The van der Waals surface area contributed by atoms with E-state index >= 15 is 0 Å². The number of aryl methyl sites for hydroxylation is 1. The van der Waals surface area contributed by atoms with E-state index in [4.69, 9.17) is 23.2 Å². The van der Waals surface area contributed by atoms with Gasteiger partial charge in [0.25, 0.3) is 11.8 Å². The van der Waals surface area contributed by atoms with Crippen molar-refractivity contribution >= 4 is 62.2 Å². The maximum absolute atomic E-state index is 13.8. The molecule has 0 bridgehead atoms. The summed E-state index contributed by atoms with van der Waals surface area (Å²) < 4.78 is 26.8. The fourth-order valence-corrected chi connectivity index (χ4v) is 8.84. The van der Waals surface area contributed by atoms with E-state index in [1.165, 1.54) is 25.0 Å². The van der Waals surface area contributed by atoms with Crippen LogP contribution in [0.4, 0.5) is 5.69 Å². The zero-order valence-corrected chi connectivity index (χ0v) is 27.2. The third kappa shape index (κ3) is 6.07. The maximum Gasteiger partial charge on any atom is 0.256 e. The third-order valence-corrected chi connectivity index (χ3v) is 11.4. The van der Waals surface area contributed by atoms with Gasteiger partial charge in [0.1, 0.15) is 0 Å². The Morgan fingerprint density at radius 3 is 2.50 bits per heavy atom. The van der Waals surface area contributed by atoms with Crippen LogP contribution in [0.5, 0.6) is 0 Å². The number of amides is 2. The molecule has 0 saturated carbocycles. The minimum atomic E-state index is -3.84. The minimum absolute atomic E-state index is 0.00917. The average Bonchev–Trinajstić information content (AvgIpc) is 3.68. The van der Waals surface area contributed by atoms with Gasteiger partial charge in [0.15, 0.2) is 9.84 Å². The summed E-state index contributed by atoms with van der Waals surface area (Å²) in [6.07, 6.45) is 6.35. The van der Waals surface area contributed by atoms with Gasteiger partial charge in [-0.15, -0.1) is 0 Å². The number of nitrogens with one attached hydrogen (secondary N) is 2. The molecule has 3 aliphatic rings. The molecular weight excluding hydrogens is 619 g/mol. The number of aromatic amines is 1. The van der Waals surface area contributed by atoms with Gasteiger partial charge in [-0.25, -0.2) is 8.42 Å². The van der Waals surface area contributed by atoms with E-state index in [1.807, 2.05) is 18.7 Å². The standard InChI is InChI=1S/C33H36Cl2N4O4S/c1-20-30(36-21(2)31(20)33(41)39-14-6-7-22(18-39)17-38-12-3-4-13-38)16-25-24-15-23(10-11-29(24)37-32(25)40)44(42,43)19-26-27(34)8-5-9-28(26)35/h5,8-11,15-16,22,36H,3-4,6-7,12-14,17-19H2,1-2H3,(H,37,40)/t22-/m0/s1. The molecule has 4 heterocycles. The molecule has 1 atom stereocenters. The molecule has 1 aromatic heterocycles. The molecule has 0 radical (unpaired) electrons. The second-order valence-corrected chi connectivity index (χ2v) is 14.9. The number of halogens is 2. The Kier molecular flexibility index (Phi) is 8.67. The van der Waals surface area contributed by atoms with Crippen LogP contribution >= 0.6 is 23.2 Å². The second-order valence-electron chi connectivity index (χ2n) is 12.1. The van der Waals surface area contributed by atoms with E-state index in [9.17, 15) is 18.0 Å². The monoisotopic (exact) mass is 654 g/mol. The summed E-state index contributed by atoms with van der Waals surface area (Å²) >= 11 is 12.5. The van der Waals surface area contributed by atoms with Crippen LogP contribution in [0.15, 0.2) is 41.3 Å². The van der Waals surface area contributed by atoms with Crippen molar-refractivity contribution in [2.75, 3.05) is 38.0 Å². The van der Waals surface area contributed by atoms with Gasteiger partial charge in [-0.05, 0) is 101 Å². The third-order valence-electron chi connectivity index (χ3n) is 9.03. The lowest BCUT2D eigenvalue weighted by Crippen LogP contribution is -2.43. The Morgan fingerprint density at radius 2 is 1.77 bits per heavy atom. The van der Waals surface area contributed by atoms with Crippen LogP contribution in [-0.2, 0) is 20.4 Å². The normalized spacial score (nSPS) is 19.9. The number of benzene rings is 2. The summed E-state index contributed by atoms with van der Waals surface area (Å²) in [5.74, 6) is -0.232. The Bertz CT molecular complexity index is 1760. The van der Waals surface area contributed by atoms with Gasteiger partial charge in [-0.3, -0.25) is 9.59 Å². The Hall–Kier alpha value is -3.11. The number of hydrogen-bond acceptors (Lipinski definition) is 5. The van der Waals surface area contributed by atoms with Crippen LogP contribution in [0.1, 0.15) is 64.1 Å². The highest BCUT2D eigenvalue weighted by atomic mass is 35.5. The van der Waals surface area contributed by atoms with Crippen LogP contribution in [0.3, 0.4) is 0 Å². The number of H-pyrrole nitrogens is 1. The molecular formula is C33H36Cl2N4O4S. The summed E-state index contributed by atoms with van der Waals surface area (Å²) in [5.41, 5.74) is 4.42. The first kappa shape index (κ1) is 30.9. The number of fused-ring (bicyclic) bond motifs is 1. The summed E-state index contributed by atoms with van der Waals surface area (Å²) in [6, 6.07) is 9.42. The zero-order valence-electron chi connectivity index (χ0n) is 24.9. The highest BCUT2D eigenvalue weighted by molar-refractivity contribution is 7.90. The number of likely N-dealkylation sites (tertiary alicyclic amines) is 2. The van der Waals surface area contributed by atoms with Gasteiger partial charge in [-0.1, -0.05) is 29.3 Å². The first-order valence-corrected chi connectivity index (χ1v) is 17.5. The molecule has 8 nitrogen and oxygen atoms in total. The number of sulfone groups is 1. The summed E-state index contributed by atoms with van der Waals surface area (Å²) in [7, 11) is -3.84. The van der Waals surface area contributed by atoms with Crippen molar-refractivity contribution in [2.45, 2.75) is 50.2 Å². The Balaban J connectivity index is 1.26. The van der Waals surface area contributed by atoms with Gasteiger partial charge >= 0.3 is 0 Å². The van der Waals surface area contributed by atoms with Gasteiger partial charge in [-0.2, -0.15) is 0 Å². The van der Waals surface area contributed by atoms with Crippen LogP contribution in [0.2, 0.25) is 10.0 Å². The van der Waals surface area contributed by atoms with E-state index in [0.29, 0.717) is 39.6 Å². The largest absolute Gasteiger partial charge is 0.358 e. The molecule has 6 rings (SSSR count). The predicted octanol–water partition coefficient (Wildman–Crippen LogP) is 6.35. The molecule has 2 fully saturated rings. The van der Waals surface area contributed by atoms with E-state index in [-0.39, 0.29) is 32.5 Å². The number of piperidine rings is 1. The molecule has 2 aromatic carbocycles. The van der Waals surface area contributed by atoms with Gasteiger partial charge in [0.05, 0.1) is 21.8 Å². The van der Waals surface area contributed by atoms with Gasteiger partial charge < -0.3 is 20.1 Å². The number of nitrogens with zero attached hydrogens (tertiary/aromatic N) is 2. The topological polar surface area (TPSA) is 103 Å². The van der Waals surface area contributed by atoms with Crippen molar-refractivity contribution in [2.24, 2.45) is 5.92 Å². The van der Waals surface area contributed by atoms with Crippen LogP contribution < -0.4 is 5.32 Å². The van der Waals surface area contributed by atoms with E-state index in [0.717, 1.165) is 56.8 Å². The fourth-order valence-electron chi connectivity index (χ4n) is 6.72. The molecule has 2 N–H and O–H groups in total. The molecule has 0 aliphatic carbocycles. The van der Waals surface area contributed by atoms with Crippen molar-refractivity contribution in [3.63, 3.8) is 0 Å². The van der Waals surface area contributed by atoms with Crippen LogP contribution in [0.25, 0.3) is 11.6 Å². The van der Waals surface area contributed by atoms with Gasteiger partial charge in [0.2, 0.25) is 0 Å². The molecule has 232 valence electrons. The van der Waals surface area contributed by atoms with Crippen molar-refractivity contribution < 1.29 is 18.0 Å². The lowest BCUT2D eigenvalue weighted by atomic mass is 9.96.